The van der Waals surface area contributed by atoms with E-state index in [2.05, 4.69) is 20.4 Å². The molecule has 2 aromatic heterocycles. The van der Waals surface area contributed by atoms with Crippen LogP contribution in [0.15, 0.2) is 47.8 Å². The molecule has 1 atom stereocenters. The summed E-state index contributed by atoms with van der Waals surface area (Å²) in [6.07, 6.45) is -1.70. The summed E-state index contributed by atoms with van der Waals surface area (Å²) >= 11 is 5.93. The highest BCUT2D eigenvalue weighted by Gasteiger charge is 2.31. The maximum Gasteiger partial charge on any atom is 0.417 e. The topological polar surface area (TPSA) is 107 Å². The van der Waals surface area contributed by atoms with Gasteiger partial charge in [0.1, 0.15) is 6.33 Å². The molecule has 3 aromatic rings. The van der Waals surface area contributed by atoms with Crippen LogP contribution in [0.25, 0.3) is 5.82 Å². The lowest BCUT2D eigenvalue weighted by atomic mass is 10.2. The van der Waals surface area contributed by atoms with Gasteiger partial charge in [0, 0.05) is 23.0 Å². The van der Waals surface area contributed by atoms with E-state index in [1.54, 1.807) is 6.92 Å². The molecule has 1 N–H and O–H groups in total. The number of sulfone groups is 1. The Labute approximate surface area is 193 Å². The number of halogens is 4. The van der Waals surface area contributed by atoms with Crippen LogP contribution in [0.2, 0.25) is 5.02 Å². The minimum Gasteiger partial charge on any atom is -0.342 e. The molecule has 0 aliphatic rings. The van der Waals surface area contributed by atoms with Crippen LogP contribution < -0.4 is 5.32 Å². The molecule has 172 valence electrons. The van der Waals surface area contributed by atoms with Crippen LogP contribution in [0, 0.1) is 0 Å². The quantitative estimate of drug-likeness (QED) is 0.567. The van der Waals surface area contributed by atoms with Gasteiger partial charge in [-0.25, -0.2) is 18.4 Å². The second kappa shape index (κ2) is 9.46. The van der Waals surface area contributed by atoms with Crippen molar-refractivity contribution >= 4 is 40.8 Å². The Kier molecular flexibility index (Phi) is 7.58. The third kappa shape index (κ3) is 5.78. The zero-order chi connectivity index (χ0) is 23.0. The zero-order valence-electron chi connectivity index (χ0n) is 16.6. The van der Waals surface area contributed by atoms with Gasteiger partial charge in [0.25, 0.3) is 5.91 Å². The van der Waals surface area contributed by atoms with Crippen molar-refractivity contribution in [3.63, 3.8) is 0 Å². The fraction of sp³-hybridized carbons (Fsp3) is 0.222. The molecule has 32 heavy (non-hydrogen) atoms. The SMILES string of the molecule is C[C@@H](NC(=O)c1cc(Cl)cc(S(C)(=O)=O)c1)c1ncnn1-c1ccc(C(F)(F)F)cn1.S. The summed E-state index contributed by atoms with van der Waals surface area (Å²) in [4.78, 5) is 20.3. The lowest BCUT2D eigenvalue weighted by Crippen LogP contribution is -2.29. The number of nitrogens with zero attached hydrogens (tertiary/aromatic N) is 4. The molecular weight excluding hydrogens is 491 g/mol. The number of alkyl halides is 3. The van der Waals surface area contributed by atoms with Gasteiger partial charge in [0.15, 0.2) is 21.5 Å². The first-order chi connectivity index (χ1) is 14.4. The van der Waals surface area contributed by atoms with Gasteiger partial charge in [-0.05, 0) is 37.3 Å². The van der Waals surface area contributed by atoms with Crippen molar-refractivity contribution in [1.29, 1.82) is 0 Å². The summed E-state index contributed by atoms with van der Waals surface area (Å²) in [5, 5.41) is 6.64. The lowest BCUT2D eigenvalue weighted by Gasteiger charge is -2.15. The first-order valence-electron chi connectivity index (χ1n) is 8.61. The van der Waals surface area contributed by atoms with Crippen LogP contribution in [0.1, 0.15) is 34.7 Å². The number of pyridine rings is 1. The van der Waals surface area contributed by atoms with E-state index in [1.165, 1.54) is 29.2 Å². The van der Waals surface area contributed by atoms with Gasteiger partial charge in [0.2, 0.25) is 0 Å². The molecule has 0 aliphatic carbocycles. The highest BCUT2D eigenvalue weighted by atomic mass is 35.5. The number of amides is 1. The molecule has 1 aromatic carbocycles. The maximum absolute atomic E-state index is 12.7. The number of carbonyl (C=O) groups excluding carboxylic acids is 1. The Hall–Kier alpha value is -2.64. The van der Waals surface area contributed by atoms with Crippen molar-refractivity contribution in [3.8, 4) is 5.82 Å². The summed E-state index contributed by atoms with van der Waals surface area (Å²) in [7, 11) is -3.59. The molecule has 1 amide bonds. The monoisotopic (exact) mass is 507 g/mol. The summed E-state index contributed by atoms with van der Waals surface area (Å²) in [5.74, 6) is -0.357. The summed E-state index contributed by atoms with van der Waals surface area (Å²) in [6, 6.07) is 4.95. The molecule has 0 saturated carbocycles. The van der Waals surface area contributed by atoms with E-state index in [4.69, 9.17) is 11.6 Å². The van der Waals surface area contributed by atoms with E-state index < -0.39 is 33.5 Å². The highest BCUT2D eigenvalue weighted by molar-refractivity contribution is 7.90. The minimum atomic E-state index is -4.53. The zero-order valence-corrected chi connectivity index (χ0v) is 19.1. The molecule has 0 aliphatic heterocycles. The first kappa shape index (κ1) is 25.6. The predicted octanol–water partition coefficient (Wildman–Crippen LogP) is 3.34. The van der Waals surface area contributed by atoms with Crippen LogP contribution in [0.3, 0.4) is 0 Å². The van der Waals surface area contributed by atoms with Crippen molar-refractivity contribution in [2.24, 2.45) is 0 Å². The van der Waals surface area contributed by atoms with Gasteiger partial charge in [-0.15, -0.1) is 0 Å². The van der Waals surface area contributed by atoms with Crippen LogP contribution in [0.4, 0.5) is 13.2 Å². The normalized spacial score (nSPS) is 12.7. The fourth-order valence-electron chi connectivity index (χ4n) is 2.65. The number of benzene rings is 1. The third-order valence-corrected chi connectivity index (χ3v) is 5.47. The average molecular weight is 508 g/mol. The van der Waals surface area contributed by atoms with Crippen molar-refractivity contribution in [1.82, 2.24) is 25.1 Å². The molecule has 0 spiro atoms. The Balaban J connectivity index is 0.00000363. The van der Waals surface area contributed by atoms with Crippen LogP contribution in [-0.2, 0) is 16.0 Å². The minimum absolute atomic E-state index is 0. The number of hydrogen-bond donors (Lipinski definition) is 1. The smallest absolute Gasteiger partial charge is 0.342 e. The Morgan fingerprint density at radius 1 is 1.19 bits per heavy atom. The molecular formula is C18H17ClF3N5O3S2. The van der Waals surface area contributed by atoms with Gasteiger partial charge in [-0.2, -0.15) is 36.4 Å². The number of carbonyl (C=O) groups is 1. The van der Waals surface area contributed by atoms with Gasteiger partial charge < -0.3 is 5.32 Å². The summed E-state index contributed by atoms with van der Waals surface area (Å²) in [5.41, 5.74) is -0.902. The second-order valence-electron chi connectivity index (χ2n) is 6.58. The molecule has 0 radical (unpaired) electrons. The van der Waals surface area contributed by atoms with E-state index in [1.807, 2.05) is 0 Å². The molecule has 2 heterocycles. The standard InChI is InChI=1S/C18H15ClF3N5O3S.H2S/c1-10(26-17(28)11-5-13(19)7-14(6-11)31(2,29)30)16-24-9-25-27(16)15-4-3-12(8-23-15)18(20,21)22;/h3-10H,1-2H3,(H,26,28);1H2/t10-;/m1./s1. The molecule has 3 rings (SSSR count). The molecule has 0 fully saturated rings. The van der Waals surface area contributed by atoms with Gasteiger partial charge in [0.05, 0.1) is 16.5 Å². The van der Waals surface area contributed by atoms with Gasteiger partial charge in [-0.1, -0.05) is 11.6 Å². The average Bonchev–Trinajstić information content (AvgIpc) is 3.16. The number of hydrogen-bond acceptors (Lipinski definition) is 6. The summed E-state index contributed by atoms with van der Waals surface area (Å²) < 4.78 is 62.9. The van der Waals surface area contributed by atoms with Crippen molar-refractivity contribution in [2.45, 2.75) is 24.0 Å². The van der Waals surface area contributed by atoms with E-state index in [-0.39, 0.29) is 40.6 Å². The maximum atomic E-state index is 12.7. The first-order valence-corrected chi connectivity index (χ1v) is 10.9. The van der Waals surface area contributed by atoms with Crippen LogP contribution in [-0.4, -0.2) is 40.3 Å². The number of aromatic nitrogens is 4. The molecule has 8 nitrogen and oxygen atoms in total. The molecule has 0 unspecified atom stereocenters. The molecule has 14 heteroatoms. The Morgan fingerprint density at radius 3 is 2.44 bits per heavy atom. The summed E-state index contributed by atoms with van der Waals surface area (Å²) in [6.45, 7) is 1.57. The van der Waals surface area contributed by atoms with Crippen molar-refractivity contribution < 1.29 is 26.4 Å². The molecule has 0 bridgehead atoms. The van der Waals surface area contributed by atoms with E-state index >= 15 is 0 Å². The van der Waals surface area contributed by atoms with E-state index in [0.29, 0.717) is 6.20 Å². The van der Waals surface area contributed by atoms with Gasteiger partial charge >= 0.3 is 6.18 Å². The highest BCUT2D eigenvalue weighted by Crippen LogP contribution is 2.29. The largest absolute Gasteiger partial charge is 0.417 e. The second-order valence-corrected chi connectivity index (χ2v) is 9.03. The van der Waals surface area contributed by atoms with E-state index in [9.17, 15) is 26.4 Å². The lowest BCUT2D eigenvalue weighted by molar-refractivity contribution is -0.137. The van der Waals surface area contributed by atoms with Gasteiger partial charge in [-0.3, -0.25) is 4.79 Å². The fourth-order valence-corrected chi connectivity index (χ4v) is 3.64. The Morgan fingerprint density at radius 2 is 1.88 bits per heavy atom. The van der Waals surface area contributed by atoms with Crippen molar-refractivity contribution in [2.75, 3.05) is 6.26 Å². The predicted molar refractivity (Wildman–Crippen MR) is 115 cm³/mol. The molecule has 0 saturated heterocycles. The third-order valence-electron chi connectivity index (χ3n) is 4.16. The Bertz CT molecular complexity index is 1230. The number of rotatable bonds is 5. The van der Waals surface area contributed by atoms with Crippen LogP contribution >= 0.6 is 25.1 Å². The number of nitrogens with one attached hydrogen (secondary N) is 1. The van der Waals surface area contributed by atoms with E-state index in [0.717, 1.165) is 18.4 Å². The van der Waals surface area contributed by atoms with Crippen molar-refractivity contribution in [3.05, 3.63) is 64.8 Å². The van der Waals surface area contributed by atoms with Crippen LogP contribution in [0.5, 0.6) is 0 Å².